The second-order valence-corrected chi connectivity index (χ2v) is 2.61. The molecule has 1 heterocycles. The fraction of sp³-hybridized carbons (Fsp3) is 0.143. The van der Waals surface area contributed by atoms with Gasteiger partial charge < -0.3 is 4.74 Å². The number of carbonyl (C=O) groups excluding carboxylic acids is 1. The number of pyridine rings is 1. The van der Waals surface area contributed by atoms with Crippen LogP contribution in [0.4, 0.5) is 13.2 Å². The van der Waals surface area contributed by atoms with E-state index in [1.54, 1.807) is 0 Å². The molecule has 0 unspecified atom stereocenters. The topological polar surface area (TPSA) is 39.2 Å². The summed E-state index contributed by atoms with van der Waals surface area (Å²) in [7, 11) is 0. The van der Waals surface area contributed by atoms with Gasteiger partial charge in [-0.3, -0.25) is 4.79 Å². The minimum Gasteiger partial charge on any atom is -0.404 e. The Hall–Kier alpha value is -1.30. The van der Waals surface area contributed by atoms with E-state index in [0.717, 1.165) is 12.3 Å². The summed E-state index contributed by atoms with van der Waals surface area (Å²) < 4.78 is 38.6. The molecule has 3 nitrogen and oxygen atoms in total. The number of nitrogens with zero attached hydrogens (tertiary/aromatic N) is 1. The molecule has 0 spiro atoms. The summed E-state index contributed by atoms with van der Waals surface area (Å²) >= 11 is 5.42. The van der Waals surface area contributed by atoms with E-state index in [4.69, 9.17) is 11.6 Å². The number of hydrogen-bond acceptors (Lipinski definition) is 3. The first-order chi connectivity index (χ1) is 6.42. The molecule has 0 saturated heterocycles. The Balaban J connectivity index is 2.92. The van der Waals surface area contributed by atoms with E-state index >= 15 is 0 Å². The summed E-state index contributed by atoms with van der Waals surface area (Å²) in [6.07, 6.45) is -3.70. The third-order valence-corrected chi connectivity index (χ3v) is 1.49. The number of aldehydes is 1. The molecule has 1 rings (SSSR count). The van der Waals surface area contributed by atoms with Crippen molar-refractivity contribution in [2.24, 2.45) is 0 Å². The molecule has 1 aromatic heterocycles. The minimum atomic E-state index is -4.80. The van der Waals surface area contributed by atoms with E-state index in [1.807, 2.05) is 0 Å². The second-order valence-electron chi connectivity index (χ2n) is 2.20. The van der Waals surface area contributed by atoms with Crippen LogP contribution in [0.3, 0.4) is 0 Å². The highest BCUT2D eigenvalue weighted by Gasteiger charge is 2.31. The van der Waals surface area contributed by atoms with Crippen LogP contribution >= 0.6 is 11.6 Å². The highest BCUT2D eigenvalue weighted by Crippen LogP contribution is 2.25. The number of alkyl halides is 3. The van der Waals surface area contributed by atoms with Gasteiger partial charge >= 0.3 is 6.36 Å². The molecule has 0 aliphatic rings. The van der Waals surface area contributed by atoms with Crippen LogP contribution in [0.5, 0.6) is 5.75 Å². The Labute approximate surface area is 81.5 Å². The standard InChI is InChI=1S/C7H3ClF3NO2/c8-5-1-4(14-7(9,10)11)2-12-6(5)3-13/h1-3H. The van der Waals surface area contributed by atoms with Crippen LogP contribution < -0.4 is 4.74 Å². The highest BCUT2D eigenvalue weighted by molar-refractivity contribution is 6.32. The van der Waals surface area contributed by atoms with Crippen molar-refractivity contribution >= 4 is 17.9 Å². The Kier molecular flexibility index (Phi) is 2.95. The Morgan fingerprint density at radius 2 is 2.14 bits per heavy atom. The maximum absolute atomic E-state index is 11.7. The van der Waals surface area contributed by atoms with Crippen LogP contribution in [0.15, 0.2) is 12.3 Å². The number of carbonyl (C=O) groups is 1. The average Bonchev–Trinajstić information content (AvgIpc) is 2.01. The van der Waals surface area contributed by atoms with Gasteiger partial charge in [0.1, 0.15) is 11.4 Å². The molecule has 0 bridgehead atoms. The lowest BCUT2D eigenvalue weighted by molar-refractivity contribution is -0.274. The van der Waals surface area contributed by atoms with Crippen LogP contribution in [0.2, 0.25) is 5.02 Å². The Morgan fingerprint density at radius 3 is 2.57 bits per heavy atom. The maximum atomic E-state index is 11.7. The zero-order valence-electron chi connectivity index (χ0n) is 6.51. The van der Waals surface area contributed by atoms with Gasteiger partial charge in [0.25, 0.3) is 0 Å². The van der Waals surface area contributed by atoms with Crippen molar-refractivity contribution in [3.8, 4) is 5.75 Å². The summed E-state index contributed by atoms with van der Waals surface area (Å²) in [5, 5.41) is -0.193. The summed E-state index contributed by atoms with van der Waals surface area (Å²) in [6.45, 7) is 0. The van der Waals surface area contributed by atoms with E-state index in [2.05, 4.69) is 9.72 Å². The lowest BCUT2D eigenvalue weighted by Gasteiger charge is -2.08. The van der Waals surface area contributed by atoms with Crippen molar-refractivity contribution in [3.05, 3.63) is 23.0 Å². The maximum Gasteiger partial charge on any atom is 0.573 e. The number of aromatic nitrogens is 1. The molecule has 1 aromatic rings. The fourth-order valence-electron chi connectivity index (χ4n) is 0.707. The highest BCUT2D eigenvalue weighted by atomic mass is 35.5. The largest absolute Gasteiger partial charge is 0.573 e. The Bertz CT molecular complexity index is 353. The predicted molar refractivity (Wildman–Crippen MR) is 41.3 cm³/mol. The molecule has 0 fully saturated rings. The first-order valence-corrected chi connectivity index (χ1v) is 3.66. The molecule has 0 atom stereocenters. The van der Waals surface area contributed by atoms with Crippen LogP contribution in [0, 0.1) is 0 Å². The molecule has 0 aliphatic carbocycles. The lowest BCUT2D eigenvalue weighted by Crippen LogP contribution is -2.17. The number of rotatable bonds is 2. The molecule has 0 aromatic carbocycles. The number of halogens is 4. The molecule has 76 valence electrons. The second kappa shape index (κ2) is 3.83. The molecule has 0 saturated carbocycles. The average molecular weight is 226 g/mol. The fourth-order valence-corrected chi connectivity index (χ4v) is 0.908. The van der Waals surface area contributed by atoms with Gasteiger partial charge in [0, 0.05) is 6.07 Å². The number of ether oxygens (including phenoxy) is 1. The van der Waals surface area contributed by atoms with E-state index in [1.165, 1.54) is 0 Å². The van der Waals surface area contributed by atoms with Crippen molar-refractivity contribution in [3.63, 3.8) is 0 Å². The van der Waals surface area contributed by atoms with Gasteiger partial charge in [-0.15, -0.1) is 13.2 Å². The van der Waals surface area contributed by atoms with E-state index in [-0.39, 0.29) is 10.7 Å². The number of hydrogen-bond donors (Lipinski definition) is 0. The molecule has 0 radical (unpaired) electrons. The predicted octanol–water partition coefficient (Wildman–Crippen LogP) is 2.45. The van der Waals surface area contributed by atoms with E-state index in [9.17, 15) is 18.0 Å². The SMILES string of the molecule is O=Cc1ncc(OC(F)(F)F)cc1Cl. The molecular formula is C7H3ClF3NO2. The van der Waals surface area contributed by atoms with Gasteiger partial charge in [-0.2, -0.15) is 0 Å². The molecule has 0 N–H and O–H groups in total. The zero-order chi connectivity index (χ0) is 10.8. The van der Waals surface area contributed by atoms with Crippen molar-refractivity contribution in [2.75, 3.05) is 0 Å². The van der Waals surface area contributed by atoms with Crippen molar-refractivity contribution in [1.29, 1.82) is 0 Å². The normalized spacial score (nSPS) is 11.1. The van der Waals surface area contributed by atoms with E-state index < -0.39 is 12.1 Å². The van der Waals surface area contributed by atoms with Crippen molar-refractivity contribution in [2.45, 2.75) is 6.36 Å². The molecular weight excluding hydrogens is 223 g/mol. The monoisotopic (exact) mass is 225 g/mol. The molecule has 0 amide bonds. The van der Waals surface area contributed by atoms with Gasteiger partial charge in [0.15, 0.2) is 6.29 Å². The third-order valence-electron chi connectivity index (χ3n) is 1.19. The zero-order valence-corrected chi connectivity index (χ0v) is 7.26. The Morgan fingerprint density at radius 1 is 1.50 bits per heavy atom. The van der Waals surface area contributed by atoms with Gasteiger partial charge in [-0.05, 0) is 0 Å². The summed E-state index contributed by atoms with van der Waals surface area (Å²) in [5.74, 6) is -0.562. The third kappa shape index (κ3) is 2.88. The molecule has 7 heteroatoms. The summed E-state index contributed by atoms with van der Waals surface area (Å²) in [6, 6.07) is 0.867. The smallest absolute Gasteiger partial charge is 0.404 e. The van der Waals surface area contributed by atoms with Crippen molar-refractivity contribution in [1.82, 2.24) is 4.98 Å². The summed E-state index contributed by atoms with van der Waals surface area (Å²) in [4.78, 5) is 13.6. The van der Waals surface area contributed by atoms with Crippen LogP contribution in [-0.4, -0.2) is 17.6 Å². The van der Waals surface area contributed by atoms with Gasteiger partial charge in [-0.1, -0.05) is 11.6 Å². The van der Waals surface area contributed by atoms with Gasteiger partial charge in [0.05, 0.1) is 11.2 Å². The van der Waals surface area contributed by atoms with Crippen LogP contribution in [0.25, 0.3) is 0 Å². The summed E-state index contributed by atoms with van der Waals surface area (Å²) in [5.41, 5.74) is -0.138. The minimum absolute atomic E-state index is 0.138. The van der Waals surface area contributed by atoms with E-state index in [0.29, 0.717) is 6.29 Å². The molecule has 14 heavy (non-hydrogen) atoms. The first-order valence-electron chi connectivity index (χ1n) is 3.29. The quantitative estimate of drug-likeness (QED) is 0.726. The van der Waals surface area contributed by atoms with Crippen molar-refractivity contribution < 1.29 is 22.7 Å². The lowest BCUT2D eigenvalue weighted by atomic mass is 10.3. The molecule has 0 aliphatic heterocycles. The first kappa shape index (κ1) is 10.8. The van der Waals surface area contributed by atoms with Crippen LogP contribution in [0.1, 0.15) is 10.5 Å². The van der Waals surface area contributed by atoms with Gasteiger partial charge in [0.2, 0.25) is 0 Å². The van der Waals surface area contributed by atoms with Gasteiger partial charge in [-0.25, -0.2) is 4.98 Å². The van der Waals surface area contributed by atoms with Crippen LogP contribution in [-0.2, 0) is 0 Å².